The van der Waals surface area contributed by atoms with Crippen LogP contribution in [0.1, 0.15) is 11.1 Å². The van der Waals surface area contributed by atoms with Crippen LogP contribution in [0.3, 0.4) is 0 Å². The molecule has 24 heavy (non-hydrogen) atoms. The van der Waals surface area contributed by atoms with Gasteiger partial charge in [0.1, 0.15) is 18.5 Å². The van der Waals surface area contributed by atoms with E-state index in [1.54, 1.807) is 12.7 Å². The number of nitrogens with zero attached hydrogens (tertiary/aromatic N) is 5. The van der Waals surface area contributed by atoms with Crippen molar-refractivity contribution in [2.24, 2.45) is 5.92 Å². The zero-order chi connectivity index (χ0) is 16.2. The van der Waals surface area contributed by atoms with Gasteiger partial charge < -0.3 is 10.6 Å². The molecule has 1 aliphatic rings. The molecule has 1 atom stereocenters. The second-order valence-electron chi connectivity index (χ2n) is 6.19. The average Bonchev–Trinajstić information content (AvgIpc) is 3.27. The summed E-state index contributed by atoms with van der Waals surface area (Å²) in [4.78, 5) is 3.96. The van der Waals surface area contributed by atoms with Gasteiger partial charge in [0, 0.05) is 38.2 Å². The van der Waals surface area contributed by atoms with Crippen molar-refractivity contribution >= 4 is 5.82 Å². The molecule has 2 N–H and O–H groups in total. The first-order chi connectivity index (χ1) is 11.9. The van der Waals surface area contributed by atoms with E-state index in [4.69, 9.17) is 0 Å². The minimum Gasteiger partial charge on any atom is -0.370 e. The Kier molecular flexibility index (Phi) is 4.24. The fourth-order valence-electron chi connectivity index (χ4n) is 3.01. The molecule has 4 rings (SSSR count). The van der Waals surface area contributed by atoms with Crippen molar-refractivity contribution in [3.63, 3.8) is 0 Å². The lowest BCUT2D eigenvalue weighted by Gasteiger charge is -2.25. The van der Waals surface area contributed by atoms with Crippen LogP contribution in [0, 0.1) is 5.92 Å². The predicted molar refractivity (Wildman–Crippen MR) is 91.5 cm³/mol. The minimum absolute atomic E-state index is 0.559. The number of nitrogens with one attached hydrogen (secondary N) is 2. The van der Waals surface area contributed by atoms with Crippen LogP contribution in [-0.2, 0) is 19.6 Å². The SMILES string of the molecule is c1ncn(Cc2ccc(CNC[C@H]3CNc4ccnn4C3)cc2)n1. The quantitative estimate of drug-likeness (QED) is 0.716. The Labute approximate surface area is 140 Å². The van der Waals surface area contributed by atoms with E-state index in [9.17, 15) is 0 Å². The molecular weight excluding hydrogens is 302 g/mol. The van der Waals surface area contributed by atoms with Gasteiger partial charge in [-0.25, -0.2) is 14.3 Å². The van der Waals surface area contributed by atoms with Crippen LogP contribution in [-0.4, -0.2) is 37.6 Å². The molecule has 0 saturated carbocycles. The van der Waals surface area contributed by atoms with Crippen molar-refractivity contribution in [1.29, 1.82) is 0 Å². The van der Waals surface area contributed by atoms with E-state index in [0.29, 0.717) is 5.92 Å². The molecular formula is C17H21N7. The van der Waals surface area contributed by atoms with Crippen LogP contribution in [0.4, 0.5) is 5.82 Å². The Morgan fingerprint density at radius 3 is 2.83 bits per heavy atom. The van der Waals surface area contributed by atoms with E-state index in [0.717, 1.165) is 38.5 Å². The number of anilines is 1. The van der Waals surface area contributed by atoms with Gasteiger partial charge in [-0.15, -0.1) is 0 Å². The Morgan fingerprint density at radius 1 is 1.12 bits per heavy atom. The molecule has 3 heterocycles. The maximum absolute atomic E-state index is 4.33. The summed E-state index contributed by atoms with van der Waals surface area (Å²) in [6, 6.07) is 10.7. The van der Waals surface area contributed by atoms with Gasteiger partial charge in [-0.2, -0.15) is 10.2 Å². The van der Waals surface area contributed by atoms with Crippen LogP contribution >= 0.6 is 0 Å². The largest absolute Gasteiger partial charge is 0.370 e. The summed E-state index contributed by atoms with van der Waals surface area (Å²) in [6.45, 7) is 4.58. The first-order valence-corrected chi connectivity index (χ1v) is 8.23. The first-order valence-electron chi connectivity index (χ1n) is 8.23. The normalized spacial score (nSPS) is 16.6. The zero-order valence-corrected chi connectivity index (χ0v) is 13.5. The maximum Gasteiger partial charge on any atom is 0.137 e. The molecule has 2 aromatic heterocycles. The lowest BCUT2D eigenvalue weighted by Crippen LogP contribution is -2.35. The number of hydrogen-bond donors (Lipinski definition) is 2. The summed E-state index contributed by atoms with van der Waals surface area (Å²) in [7, 11) is 0. The van der Waals surface area contributed by atoms with Crippen LogP contribution in [0.25, 0.3) is 0 Å². The number of benzene rings is 1. The minimum atomic E-state index is 0.559. The van der Waals surface area contributed by atoms with Gasteiger partial charge in [0.15, 0.2) is 0 Å². The third kappa shape index (κ3) is 3.46. The van der Waals surface area contributed by atoms with Gasteiger partial charge in [0.05, 0.1) is 12.7 Å². The summed E-state index contributed by atoms with van der Waals surface area (Å²) < 4.78 is 3.86. The second-order valence-corrected chi connectivity index (χ2v) is 6.19. The molecule has 7 heteroatoms. The average molecular weight is 323 g/mol. The van der Waals surface area contributed by atoms with E-state index >= 15 is 0 Å². The van der Waals surface area contributed by atoms with E-state index in [2.05, 4.69) is 50.1 Å². The Balaban J connectivity index is 1.24. The van der Waals surface area contributed by atoms with Crippen LogP contribution < -0.4 is 10.6 Å². The highest BCUT2D eigenvalue weighted by molar-refractivity contribution is 5.35. The number of hydrogen-bond acceptors (Lipinski definition) is 5. The van der Waals surface area contributed by atoms with E-state index < -0.39 is 0 Å². The highest BCUT2D eigenvalue weighted by atomic mass is 15.3. The van der Waals surface area contributed by atoms with Crippen molar-refractivity contribution in [2.45, 2.75) is 19.6 Å². The Bertz CT molecular complexity index is 761. The Hall–Kier alpha value is -2.67. The van der Waals surface area contributed by atoms with Crippen molar-refractivity contribution in [2.75, 3.05) is 18.4 Å². The topological polar surface area (TPSA) is 72.6 Å². The third-order valence-corrected chi connectivity index (χ3v) is 4.32. The van der Waals surface area contributed by atoms with Crippen molar-refractivity contribution < 1.29 is 0 Å². The number of fused-ring (bicyclic) bond motifs is 1. The molecule has 1 aliphatic heterocycles. The molecule has 0 aliphatic carbocycles. The predicted octanol–water partition coefficient (Wildman–Crippen LogP) is 1.35. The Morgan fingerprint density at radius 2 is 2.00 bits per heavy atom. The van der Waals surface area contributed by atoms with E-state index in [1.165, 1.54) is 11.1 Å². The van der Waals surface area contributed by atoms with Crippen LogP contribution in [0.15, 0.2) is 49.2 Å². The molecule has 0 bridgehead atoms. The zero-order valence-electron chi connectivity index (χ0n) is 13.5. The molecule has 124 valence electrons. The second kappa shape index (κ2) is 6.84. The first kappa shape index (κ1) is 14.9. The fourth-order valence-corrected chi connectivity index (χ4v) is 3.01. The third-order valence-electron chi connectivity index (χ3n) is 4.32. The maximum atomic E-state index is 4.33. The van der Waals surface area contributed by atoms with Crippen LogP contribution in [0.2, 0.25) is 0 Å². The van der Waals surface area contributed by atoms with Crippen molar-refractivity contribution in [3.05, 3.63) is 60.3 Å². The lowest BCUT2D eigenvalue weighted by molar-refractivity contribution is 0.391. The molecule has 0 spiro atoms. The summed E-state index contributed by atoms with van der Waals surface area (Å²) in [6.07, 6.45) is 5.14. The fraction of sp³-hybridized carbons (Fsp3) is 0.353. The molecule has 1 aromatic carbocycles. The summed E-state index contributed by atoms with van der Waals surface area (Å²) in [5, 5.41) is 15.4. The smallest absolute Gasteiger partial charge is 0.137 e. The van der Waals surface area contributed by atoms with Gasteiger partial charge in [0.2, 0.25) is 0 Å². The highest BCUT2D eigenvalue weighted by Crippen LogP contribution is 2.15. The van der Waals surface area contributed by atoms with Gasteiger partial charge in [-0.05, 0) is 11.1 Å². The summed E-state index contributed by atoms with van der Waals surface area (Å²) in [5.74, 6) is 1.68. The van der Waals surface area contributed by atoms with E-state index in [1.807, 2.05) is 21.6 Å². The molecule has 0 radical (unpaired) electrons. The van der Waals surface area contributed by atoms with Gasteiger partial charge in [-0.3, -0.25) is 0 Å². The van der Waals surface area contributed by atoms with Gasteiger partial charge in [-0.1, -0.05) is 24.3 Å². The number of aromatic nitrogens is 5. The molecule has 3 aromatic rings. The summed E-state index contributed by atoms with van der Waals surface area (Å²) in [5.41, 5.74) is 2.52. The molecule has 0 fully saturated rings. The number of rotatable bonds is 6. The van der Waals surface area contributed by atoms with Gasteiger partial charge in [0.25, 0.3) is 0 Å². The summed E-state index contributed by atoms with van der Waals surface area (Å²) >= 11 is 0. The standard InChI is InChI=1S/C17H21N7/c1-3-15(10-23-13-19-12-22-23)4-2-14(1)7-18-8-16-9-20-17-5-6-21-24(17)11-16/h1-6,12-13,16,18,20H,7-11H2/t16-/m0/s1. The van der Waals surface area contributed by atoms with Crippen LogP contribution in [0.5, 0.6) is 0 Å². The molecule has 7 nitrogen and oxygen atoms in total. The molecule has 0 amide bonds. The molecule has 0 saturated heterocycles. The van der Waals surface area contributed by atoms with Crippen molar-refractivity contribution in [1.82, 2.24) is 29.9 Å². The van der Waals surface area contributed by atoms with Crippen molar-refractivity contribution in [3.8, 4) is 0 Å². The molecule has 0 unspecified atom stereocenters. The van der Waals surface area contributed by atoms with Gasteiger partial charge >= 0.3 is 0 Å². The van der Waals surface area contributed by atoms with E-state index in [-0.39, 0.29) is 0 Å². The lowest BCUT2D eigenvalue weighted by atomic mass is 10.1. The monoisotopic (exact) mass is 323 g/mol. The highest BCUT2D eigenvalue weighted by Gasteiger charge is 2.17.